The number of nitrogens with two attached hydrogens (primary N) is 1. The van der Waals surface area contributed by atoms with E-state index in [9.17, 15) is 0 Å². The molecule has 5 heteroatoms. The fourth-order valence-electron chi connectivity index (χ4n) is 2.17. The zero-order chi connectivity index (χ0) is 11.7. The van der Waals surface area contributed by atoms with Crippen LogP contribution >= 0.6 is 12.4 Å². The van der Waals surface area contributed by atoms with Crippen molar-refractivity contribution in [2.75, 3.05) is 14.2 Å². The molecule has 1 aliphatic carbocycles. The van der Waals surface area contributed by atoms with Crippen LogP contribution in [0.3, 0.4) is 0 Å². The molecule has 0 radical (unpaired) electrons. The summed E-state index contributed by atoms with van der Waals surface area (Å²) in [4.78, 5) is 0. The lowest BCUT2D eigenvalue weighted by molar-refractivity contribution is 0.354. The van der Waals surface area contributed by atoms with Crippen LogP contribution in [-0.4, -0.2) is 20.1 Å². The minimum Gasteiger partial charge on any atom is -0.493 e. The van der Waals surface area contributed by atoms with Crippen molar-refractivity contribution in [3.8, 4) is 11.5 Å². The molecule has 0 unspecified atom stereocenters. The van der Waals surface area contributed by atoms with Gasteiger partial charge in [0.15, 0.2) is 11.5 Å². The third kappa shape index (κ3) is 2.47. The molecule has 0 atom stereocenters. The van der Waals surface area contributed by atoms with Crippen LogP contribution in [0, 0.1) is 11.3 Å². The summed E-state index contributed by atoms with van der Waals surface area (Å²) in [5.41, 5.74) is 7.95. The van der Waals surface area contributed by atoms with Gasteiger partial charge in [-0.2, -0.15) is 0 Å². The van der Waals surface area contributed by atoms with Crippen LogP contribution in [0.25, 0.3) is 0 Å². The molecule has 1 aromatic rings. The van der Waals surface area contributed by atoms with Gasteiger partial charge in [-0.25, -0.2) is 0 Å². The van der Waals surface area contributed by atoms with E-state index in [1.54, 1.807) is 14.2 Å². The summed E-state index contributed by atoms with van der Waals surface area (Å²) >= 11 is 0. The summed E-state index contributed by atoms with van der Waals surface area (Å²) in [5, 5.41) is 7.48. The molecule has 3 N–H and O–H groups in total. The number of nitrogens with one attached hydrogen (secondary N) is 1. The van der Waals surface area contributed by atoms with Gasteiger partial charge >= 0.3 is 0 Å². The number of halogens is 1. The Labute approximate surface area is 107 Å². The number of fused-ring (bicyclic) bond motifs is 1. The van der Waals surface area contributed by atoms with Crippen LogP contribution in [0.2, 0.25) is 0 Å². The molecule has 1 aliphatic rings. The third-order valence-corrected chi connectivity index (χ3v) is 3.08. The molecule has 1 aromatic carbocycles. The Morgan fingerprint density at radius 1 is 1.18 bits per heavy atom. The summed E-state index contributed by atoms with van der Waals surface area (Å²) in [7, 11) is 3.25. The van der Waals surface area contributed by atoms with Crippen LogP contribution in [0.5, 0.6) is 11.5 Å². The van der Waals surface area contributed by atoms with Crippen molar-refractivity contribution < 1.29 is 9.47 Å². The van der Waals surface area contributed by atoms with Gasteiger partial charge < -0.3 is 15.2 Å². The van der Waals surface area contributed by atoms with Crippen LogP contribution in [0.4, 0.5) is 0 Å². The molecule has 0 saturated carbocycles. The van der Waals surface area contributed by atoms with E-state index < -0.39 is 0 Å². The molecule has 0 aliphatic heterocycles. The van der Waals surface area contributed by atoms with Gasteiger partial charge in [0, 0.05) is 5.92 Å². The van der Waals surface area contributed by atoms with E-state index in [0.717, 1.165) is 24.3 Å². The molecule has 17 heavy (non-hydrogen) atoms. The Kier molecular flexibility index (Phi) is 4.23. The van der Waals surface area contributed by atoms with E-state index in [2.05, 4.69) is 0 Å². The van der Waals surface area contributed by atoms with Crippen molar-refractivity contribution >= 4 is 18.2 Å². The summed E-state index contributed by atoms with van der Waals surface area (Å²) in [6.45, 7) is 0. The molecule has 0 aromatic heterocycles. The standard InChI is InChI=1S/C12H16N2O2.ClH/c1-15-10-5-7-3-9(12(13)14)4-8(7)6-11(10)16-2;/h5-6,9H,3-4H2,1-2H3,(H3,13,14);1H. The van der Waals surface area contributed by atoms with Gasteiger partial charge in [0.25, 0.3) is 0 Å². The van der Waals surface area contributed by atoms with Crippen molar-refractivity contribution in [1.29, 1.82) is 5.41 Å². The normalized spacial score (nSPS) is 13.8. The highest BCUT2D eigenvalue weighted by atomic mass is 35.5. The van der Waals surface area contributed by atoms with E-state index in [1.165, 1.54) is 11.1 Å². The maximum atomic E-state index is 7.48. The third-order valence-electron chi connectivity index (χ3n) is 3.08. The fourth-order valence-corrected chi connectivity index (χ4v) is 2.17. The van der Waals surface area contributed by atoms with Crippen molar-refractivity contribution in [1.82, 2.24) is 0 Å². The molecule has 0 spiro atoms. The van der Waals surface area contributed by atoms with E-state index in [4.69, 9.17) is 20.6 Å². The summed E-state index contributed by atoms with van der Waals surface area (Å²) in [6, 6.07) is 3.97. The highest BCUT2D eigenvalue weighted by molar-refractivity contribution is 5.85. The number of methoxy groups -OCH3 is 2. The Morgan fingerprint density at radius 3 is 1.88 bits per heavy atom. The molecule has 0 bridgehead atoms. The molecular weight excluding hydrogens is 240 g/mol. The van der Waals surface area contributed by atoms with Gasteiger partial charge in [-0.05, 0) is 36.1 Å². The first kappa shape index (κ1) is 13.6. The average molecular weight is 257 g/mol. The predicted molar refractivity (Wildman–Crippen MR) is 69.6 cm³/mol. The zero-order valence-corrected chi connectivity index (χ0v) is 10.8. The second kappa shape index (κ2) is 5.27. The molecule has 0 heterocycles. The highest BCUT2D eigenvalue weighted by Gasteiger charge is 2.25. The van der Waals surface area contributed by atoms with E-state index in [-0.39, 0.29) is 24.2 Å². The second-order valence-corrected chi connectivity index (χ2v) is 4.04. The number of rotatable bonds is 3. The van der Waals surface area contributed by atoms with Gasteiger partial charge in [0.1, 0.15) is 0 Å². The Morgan fingerprint density at radius 2 is 1.59 bits per heavy atom. The largest absolute Gasteiger partial charge is 0.493 e. The van der Waals surface area contributed by atoms with Crippen molar-refractivity contribution in [2.45, 2.75) is 12.8 Å². The Hall–Kier alpha value is -1.42. The van der Waals surface area contributed by atoms with Gasteiger partial charge in [-0.3, -0.25) is 5.41 Å². The number of ether oxygens (including phenoxy) is 2. The molecule has 0 amide bonds. The van der Waals surface area contributed by atoms with E-state index in [0.29, 0.717) is 0 Å². The van der Waals surface area contributed by atoms with Crippen molar-refractivity contribution in [2.24, 2.45) is 11.7 Å². The van der Waals surface area contributed by atoms with E-state index in [1.807, 2.05) is 12.1 Å². The lowest BCUT2D eigenvalue weighted by atomic mass is 10.1. The molecule has 2 rings (SSSR count). The first-order chi connectivity index (χ1) is 7.65. The van der Waals surface area contributed by atoms with Gasteiger partial charge in [0.2, 0.25) is 0 Å². The molecule has 94 valence electrons. The summed E-state index contributed by atoms with van der Waals surface area (Å²) in [6.07, 6.45) is 1.65. The first-order valence-corrected chi connectivity index (χ1v) is 5.23. The van der Waals surface area contributed by atoms with Gasteiger partial charge in [0.05, 0.1) is 20.1 Å². The summed E-state index contributed by atoms with van der Waals surface area (Å²) in [5.74, 6) is 1.87. The average Bonchev–Trinajstić information content (AvgIpc) is 2.69. The van der Waals surface area contributed by atoms with Crippen molar-refractivity contribution in [3.05, 3.63) is 23.3 Å². The smallest absolute Gasteiger partial charge is 0.161 e. The van der Waals surface area contributed by atoms with Gasteiger partial charge in [-0.1, -0.05) is 0 Å². The number of benzene rings is 1. The lowest BCUT2D eigenvalue weighted by Crippen LogP contribution is -2.22. The molecule has 0 saturated heterocycles. The zero-order valence-electron chi connectivity index (χ0n) is 9.95. The highest BCUT2D eigenvalue weighted by Crippen LogP contribution is 2.36. The molecular formula is C12H17ClN2O2. The van der Waals surface area contributed by atoms with Crippen LogP contribution < -0.4 is 15.2 Å². The van der Waals surface area contributed by atoms with Crippen LogP contribution in [0.15, 0.2) is 12.1 Å². The Bertz CT molecular complexity index is 402. The number of hydrogen-bond acceptors (Lipinski definition) is 3. The van der Waals surface area contributed by atoms with Crippen molar-refractivity contribution in [3.63, 3.8) is 0 Å². The SMILES string of the molecule is COc1cc2c(cc1OC)CC(C(=N)N)C2.Cl. The summed E-state index contributed by atoms with van der Waals surface area (Å²) < 4.78 is 10.5. The molecule has 0 fully saturated rings. The number of amidine groups is 1. The minimum atomic E-state index is 0. The molecule has 4 nitrogen and oxygen atoms in total. The fraction of sp³-hybridized carbons (Fsp3) is 0.417. The monoisotopic (exact) mass is 256 g/mol. The van der Waals surface area contributed by atoms with E-state index >= 15 is 0 Å². The topological polar surface area (TPSA) is 68.3 Å². The lowest BCUT2D eigenvalue weighted by Gasteiger charge is -2.09. The number of hydrogen-bond donors (Lipinski definition) is 2. The first-order valence-electron chi connectivity index (χ1n) is 5.23. The maximum Gasteiger partial charge on any atom is 0.161 e. The Balaban J connectivity index is 0.00000144. The minimum absolute atomic E-state index is 0. The second-order valence-electron chi connectivity index (χ2n) is 4.04. The van der Waals surface area contributed by atoms with Gasteiger partial charge in [-0.15, -0.1) is 12.4 Å². The predicted octanol–water partition coefficient (Wildman–Crippen LogP) is 1.78. The van der Waals surface area contributed by atoms with Crippen LogP contribution in [0.1, 0.15) is 11.1 Å². The quantitative estimate of drug-likeness (QED) is 0.640. The van der Waals surface area contributed by atoms with Crippen LogP contribution in [-0.2, 0) is 12.8 Å². The maximum absolute atomic E-state index is 7.48.